The third kappa shape index (κ3) is 3.84. The third-order valence-corrected chi connectivity index (χ3v) is 5.03. The second-order valence-electron chi connectivity index (χ2n) is 6.69. The van der Waals surface area contributed by atoms with Crippen molar-refractivity contribution < 1.29 is 19.4 Å². The fourth-order valence-electron chi connectivity index (χ4n) is 3.63. The van der Waals surface area contributed by atoms with Crippen LogP contribution in [-0.2, 0) is 9.59 Å². The van der Waals surface area contributed by atoms with Gasteiger partial charge in [-0.3, -0.25) is 9.59 Å². The van der Waals surface area contributed by atoms with Crippen molar-refractivity contribution >= 4 is 17.6 Å². The first kappa shape index (κ1) is 15.8. The summed E-state index contributed by atoms with van der Waals surface area (Å²) >= 11 is 0. The highest BCUT2D eigenvalue weighted by molar-refractivity contribution is 5.95. The van der Waals surface area contributed by atoms with Gasteiger partial charge in [0, 0.05) is 18.0 Å². The normalized spacial score (nSPS) is 21.1. The molecule has 124 valence electrons. The van der Waals surface area contributed by atoms with Crippen molar-refractivity contribution in [1.82, 2.24) is 0 Å². The molecule has 2 fully saturated rings. The number of benzene rings is 1. The van der Waals surface area contributed by atoms with Crippen molar-refractivity contribution in [2.24, 2.45) is 11.3 Å². The average molecular weight is 317 g/mol. The first-order chi connectivity index (χ1) is 11.1. The summed E-state index contributed by atoms with van der Waals surface area (Å²) in [7, 11) is 0. The Morgan fingerprint density at radius 1 is 1.22 bits per heavy atom. The van der Waals surface area contributed by atoms with Crippen molar-refractivity contribution in [2.75, 3.05) is 11.9 Å². The van der Waals surface area contributed by atoms with E-state index in [1.54, 1.807) is 12.1 Å². The molecule has 2 aliphatic rings. The Balaban J connectivity index is 1.44. The molecule has 0 heterocycles. The van der Waals surface area contributed by atoms with E-state index in [0.717, 1.165) is 12.1 Å². The number of hydrogen-bond acceptors (Lipinski definition) is 3. The number of ether oxygens (including phenoxy) is 1. The zero-order chi connectivity index (χ0) is 16.3. The standard InChI is InChI=1S/C18H23NO4/c20-16(21)4-3-11-23-14-7-5-13(6-8-14)19-17(22)15-12-18(15)9-1-2-10-18/h5-8,15H,1-4,9-12H2,(H,19,22)(H,20,21). The van der Waals surface area contributed by atoms with E-state index in [1.165, 1.54) is 25.7 Å². The average Bonchev–Trinajstić information content (AvgIpc) is 3.03. The van der Waals surface area contributed by atoms with E-state index in [-0.39, 0.29) is 18.2 Å². The maximum Gasteiger partial charge on any atom is 0.303 e. The Morgan fingerprint density at radius 2 is 1.91 bits per heavy atom. The number of carbonyl (C=O) groups excluding carboxylic acids is 1. The molecule has 2 N–H and O–H groups in total. The monoisotopic (exact) mass is 317 g/mol. The number of aliphatic carboxylic acids is 1. The predicted octanol–water partition coefficient (Wildman–Crippen LogP) is 3.45. The van der Waals surface area contributed by atoms with Gasteiger partial charge in [0.15, 0.2) is 0 Å². The largest absolute Gasteiger partial charge is 0.494 e. The molecule has 1 spiro atoms. The van der Waals surface area contributed by atoms with Crippen LogP contribution < -0.4 is 10.1 Å². The summed E-state index contributed by atoms with van der Waals surface area (Å²) in [6.45, 7) is 0.378. The van der Waals surface area contributed by atoms with Crippen molar-refractivity contribution in [3.8, 4) is 5.75 Å². The van der Waals surface area contributed by atoms with Gasteiger partial charge >= 0.3 is 5.97 Å². The lowest BCUT2D eigenvalue weighted by Crippen LogP contribution is -2.17. The van der Waals surface area contributed by atoms with Gasteiger partial charge in [0.2, 0.25) is 5.91 Å². The summed E-state index contributed by atoms with van der Waals surface area (Å²) < 4.78 is 5.48. The minimum absolute atomic E-state index is 0.108. The van der Waals surface area contributed by atoms with Crippen molar-refractivity contribution in [2.45, 2.75) is 44.9 Å². The Labute approximate surface area is 136 Å². The number of carboxylic acids is 1. The molecule has 0 aromatic heterocycles. The molecule has 1 amide bonds. The van der Waals surface area contributed by atoms with Gasteiger partial charge in [-0.15, -0.1) is 0 Å². The van der Waals surface area contributed by atoms with Crippen molar-refractivity contribution in [1.29, 1.82) is 0 Å². The molecule has 0 bridgehead atoms. The number of hydrogen-bond donors (Lipinski definition) is 2. The summed E-state index contributed by atoms with van der Waals surface area (Å²) in [5, 5.41) is 11.6. The predicted molar refractivity (Wildman–Crippen MR) is 86.4 cm³/mol. The highest BCUT2D eigenvalue weighted by Gasteiger charge is 2.58. The summed E-state index contributed by atoms with van der Waals surface area (Å²) in [5.41, 5.74) is 1.10. The maximum atomic E-state index is 12.3. The quantitative estimate of drug-likeness (QED) is 0.755. The summed E-state index contributed by atoms with van der Waals surface area (Å²) in [5.74, 6) is 0.206. The number of nitrogens with one attached hydrogen (secondary N) is 1. The molecular formula is C18H23NO4. The summed E-state index contributed by atoms with van der Waals surface area (Å²) in [6.07, 6.45) is 6.57. The zero-order valence-corrected chi connectivity index (χ0v) is 13.2. The van der Waals surface area contributed by atoms with Crippen molar-refractivity contribution in [3.05, 3.63) is 24.3 Å². The van der Waals surface area contributed by atoms with Gasteiger partial charge in [-0.05, 0) is 55.4 Å². The van der Waals surface area contributed by atoms with Crippen LogP contribution in [0.1, 0.15) is 44.9 Å². The van der Waals surface area contributed by atoms with Crippen LogP contribution in [0, 0.1) is 11.3 Å². The summed E-state index contributed by atoms with van der Waals surface area (Å²) in [4.78, 5) is 22.7. The van der Waals surface area contributed by atoms with E-state index in [0.29, 0.717) is 24.2 Å². The number of anilines is 1. The molecule has 1 unspecified atom stereocenters. The molecular weight excluding hydrogens is 294 g/mol. The number of carboxylic acid groups (broad SMARTS) is 1. The third-order valence-electron chi connectivity index (χ3n) is 5.03. The fraction of sp³-hybridized carbons (Fsp3) is 0.556. The van der Waals surface area contributed by atoms with Crippen molar-refractivity contribution in [3.63, 3.8) is 0 Å². The van der Waals surface area contributed by atoms with E-state index in [9.17, 15) is 9.59 Å². The van der Waals surface area contributed by atoms with E-state index < -0.39 is 5.97 Å². The van der Waals surface area contributed by atoms with E-state index in [2.05, 4.69) is 5.32 Å². The topological polar surface area (TPSA) is 75.6 Å². The maximum absolute atomic E-state index is 12.3. The molecule has 5 nitrogen and oxygen atoms in total. The Hall–Kier alpha value is -2.04. The Bertz CT molecular complexity index is 575. The summed E-state index contributed by atoms with van der Waals surface area (Å²) in [6, 6.07) is 7.26. The van der Waals surface area contributed by atoms with Gasteiger partial charge in [0.25, 0.3) is 0 Å². The second kappa shape index (κ2) is 6.60. The first-order valence-corrected chi connectivity index (χ1v) is 8.35. The van der Waals surface area contributed by atoms with Crippen LogP contribution in [0.4, 0.5) is 5.69 Å². The van der Waals surface area contributed by atoms with Crippen LogP contribution >= 0.6 is 0 Å². The molecule has 23 heavy (non-hydrogen) atoms. The van der Waals surface area contributed by atoms with Crippen LogP contribution in [0.25, 0.3) is 0 Å². The van der Waals surface area contributed by atoms with Gasteiger partial charge in [0.1, 0.15) is 5.75 Å². The number of rotatable bonds is 7. The van der Waals surface area contributed by atoms with Gasteiger partial charge in [-0.25, -0.2) is 0 Å². The fourth-order valence-corrected chi connectivity index (χ4v) is 3.63. The molecule has 2 saturated carbocycles. The minimum Gasteiger partial charge on any atom is -0.494 e. The molecule has 1 atom stereocenters. The zero-order valence-electron chi connectivity index (χ0n) is 13.2. The Morgan fingerprint density at radius 3 is 2.57 bits per heavy atom. The lowest BCUT2D eigenvalue weighted by molar-refractivity contribution is -0.137. The molecule has 5 heteroatoms. The van der Waals surface area contributed by atoms with Crippen LogP contribution in [0.15, 0.2) is 24.3 Å². The van der Waals surface area contributed by atoms with Gasteiger partial charge in [-0.2, -0.15) is 0 Å². The van der Waals surface area contributed by atoms with Gasteiger partial charge < -0.3 is 15.2 Å². The highest BCUT2D eigenvalue weighted by atomic mass is 16.5. The SMILES string of the molecule is O=C(O)CCCOc1ccc(NC(=O)C2CC23CCCC3)cc1. The lowest BCUT2D eigenvalue weighted by Gasteiger charge is -2.10. The molecule has 2 aliphatic carbocycles. The van der Waals surface area contributed by atoms with Crippen LogP contribution in [0.5, 0.6) is 5.75 Å². The first-order valence-electron chi connectivity index (χ1n) is 8.35. The van der Waals surface area contributed by atoms with Gasteiger partial charge in [0.05, 0.1) is 6.61 Å². The Kier molecular flexibility index (Phi) is 4.55. The van der Waals surface area contributed by atoms with Gasteiger partial charge in [-0.1, -0.05) is 12.8 Å². The smallest absolute Gasteiger partial charge is 0.303 e. The second-order valence-corrected chi connectivity index (χ2v) is 6.69. The van der Waals surface area contributed by atoms with E-state index in [1.807, 2.05) is 12.1 Å². The van der Waals surface area contributed by atoms with Crippen LogP contribution in [-0.4, -0.2) is 23.6 Å². The molecule has 0 radical (unpaired) electrons. The number of amides is 1. The molecule has 1 aromatic carbocycles. The molecule has 3 rings (SSSR count). The molecule has 0 aliphatic heterocycles. The minimum atomic E-state index is -0.813. The lowest BCUT2D eigenvalue weighted by atomic mass is 10.0. The number of carbonyl (C=O) groups is 2. The highest BCUT2D eigenvalue weighted by Crippen LogP contribution is 2.63. The van der Waals surface area contributed by atoms with Crippen LogP contribution in [0.2, 0.25) is 0 Å². The van der Waals surface area contributed by atoms with E-state index >= 15 is 0 Å². The molecule has 0 saturated heterocycles. The van der Waals surface area contributed by atoms with E-state index in [4.69, 9.17) is 9.84 Å². The van der Waals surface area contributed by atoms with Crippen LogP contribution in [0.3, 0.4) is 0 Å². The molecule has 1 aromatic rings.